The second-order valence-electron chi connectivity index (χ2n) is 5.41. The third-order valence-corrected chi connectivity index (χ3v) is 3.86. The minimum absolute atomic E-state index is 0.657. The second kappa shape index (κ2) is 5.65. The Morgan fingerprint density at radius 1 is 1.37 bits per heavy atom. The number of piperidine rings is 1. The van der Waals surface area contributed by atoms with Gasteiger partial charge in [-0.25, -0.2) is 0 Å². The van der Waals surface area contributed by atoms with Gasteiger partial charge in [0.05, 0.1) is 12.8 Å². The molecule has 1 aliphatic heterocycles. The second-order valence-corrected chi connectivity index (χ2v) is 5.41. The standard InChI is InChI=1S/C14H24N4O/c1-10-9-12(15)13(16-14(10)19-4)18-7-5-11(6-8-18)17(2)3/h9,11H,5-8,15H2,1-4H3. The van der Waals surface area contributed by atoms with Crippen LogP contribution in [-0.2, 0) is 0 Å². The number of methoxy groups -OCH3 is 1. The monoisotopic (exact) mass is 264 g/mol. The summed E-state index contributed by atoms with van der Waals surface area (Å²) in [4.78, 5) is 9.11. The summed E-state index contributed by atoms with van der Waals surface area (Å²) >= 11 is 0. The summed E-state index contributed by atoms with van der Waals surface area (Å²) in [7, 11) is 5.93. The Bertz CT molecular complexity index is 439. The third kappa shape index (κ3) is 2.92. The Hall–Kier alpha value is -1.49. The van der Waals surface area contributed by atoms with E-state index in [1.165, 1.54) is 0 Å². The quantitative estimate of drug-likeness (QED) is 0.897. The van der Waals surface area contributed by atoms with Crippen LogP contribution in [0.5, 0.6) is 5.88 Å². The SMILES string of the molecule is COc1nc(N2CCC(N(C)C)CC2)c(N)cc1C. The number of nitrogens with zero attached hydrogens (tertiary/aromatic N) is 3. The van der Waals surface area contributed by atoms with E-state index in [2.05, 4.69) is 28.9 Å². The molecule has 2 N–H and O–H groups in total. The van der Waals surface area contributed by atoms with Crippen LogP contribution < -0.4 is 15.4 Å². The molecule has 0 aromatic carbocycles. The van der Waals surface area contributed by atoms with Gasteiger partial charge in [0.15, 0.2) is 5.82 Å². The number of pyridine rings is 1. The Kier molecular flexibility index (Phi) is 4.14. The maximum atomic E-state index is 6.10. The Morgan fingerprint density at radius 3 is 2.53 bits per heavy atom. The van der Waals surface area contributed by atoms with Crippen molar-refractivity contribution >= 4 is 11.5 Å². The van der Waals surface area contributed by atoms with E-state index < -0.39 is 0 Å². The highest BCUT2D eigenvalue weighted by Gasteiger charge is 2.23. The molecule has 2 rings (SSSR count). The zero-order valence-corrected chi connectivity index (χ0v) is 12.3. The molecule has 0 unspecified atom stereocenters. The van der Waals surface area contributed by atoms with Gasteiger partial charge in [-0.05, 0) is 39.9 Å². The highest BCUT2D eigenvalue weighted by atomic mass is 16.5. The van der Waals surface area contributed by atoms with Gasteiger partial charge in [-0.2, -0.15) is 4.98 Å². The lowest BCUT2D eigenvalue weighted by molar-refractivity contribution is 0.249. The molecule has 1 saturated heterocycles. The number of hydrogen-bond donors (Lipinski definition) is 1. The van der Waals surface area contributed by atoms with Crippen LogP contribution >= 0.6 is 0 Å². The molecule has 0 saturated carbocycles. The fraction of sp³-hybridized carbons (Fsp3) is 0.643. The summed E-state index contributed by atoms with van der Waals surface area (Å²) in [6, 6.07) is 2.60. The van der Waals surface area contributed by atoms with Crippen LogP contribution in [-0.4, -0.2) is 50.2 Å². The number of ether oxygens (including phenoxy) is 1. The van der Waals surface area contributed by atoms with Crippen molar-refractivity contribution in [2.24, 2.45) is 0 Å². The van der Waals surface area contributed by atoms with E-state index in [1.54, 1.807) is 7.11 Å². The van der Waals surface area contributed by atoms with E-state index in [9.17, 15) is 0 Å². The highest BCUT2D eigenvalue weighted by Crippen LogP contribution is 2.29. The van der Waals surface area contributed by atoms with Crippen LogP contribution in [0.2, 0.25) is 0 Å². The molecule has 5 heteroatoms. The molecule has 0 radical (unpaired) electrons. The number of rotatable bonds is 3. The van der Waals surface area contributed by atoms with Crippen LogP contribution in [0.1, 0.15) is 18.4 Å². The van der Waals surface area contributed by atoms with Crippen LogP contribution in [0.25, 0.3) is 0 Å². The van der Waals surface area contributed by atoms with Gasteiger partial charge in [0, 0.05) is 24.7 Å². The summed E-state index contributed by atoms with van der Waals surface area (Å²) in [5, 5.41) is 0. The minimum atomic E-state index is 0.657. The number of aromatic nitrogens is 1. The zero-order chi connectivity index (χ0) is 14.0. The van der Waals surface area contributed by atoms with E-state index in [0.717, 1.165) is 43.0 Å². The fourth-order valence-corrected chi connectivity index (χ4v) is 2.66. The molecule has 0 bridgehead atoms. The van der Waals surface area contributed by atoms with Gasteiger partial charge in [-0.1, -0.05) is 0 Å². The van der Waals surface area contributed by atoms with Crippen molar-refractivity contribution in [3.05, 3.63) is 11.6 Å². The van der Waals surface area contributed by atoms with Crippen molar-refractivity contribution in [3.8, 4) is 5.88 Å². The fourth-order valence-electron chi connectivity index (χ4n) is 2.66. The van der Waals surface area contributed by atoms with Crippen LogP contribution in [0.4, 0.5) is 11.5 Å². The summed E-state index contributed by atoms with van der Waals surface area (Å²) in [5.41, 5.74) is 7.82. The van der Waals surface area contributed by atoms with Gasteiger partial charge in [-0.3, -0.25) is 0 Å². The van der Waals surface area contributed by atoms with Gasteiger partial charge < -0.3 is 20.3 Å². The molecular formula is C14H24N4O. The maximum Gasteiger partial charge on any atom is 0.218 e. The highest BCUT2D eigenvalue weighted by molar-refractivity contribution is 5.65. The van der Waals surface area contributed by atoms with E-state index in [0.29, 0.717) is 11.9 Å². The van der Waals surface area contributed by atoms with Gasteiger partial charge >= 0.3 is 0 Å². The van der Waals surface area contributed by atoms with Crippen LogP contribution in [0, 0.1) is 6.92 Å². The first-order chi connectivity index (χ1) is 9.02. The summed E-state index contributed by atoms with van der Waals surface area (Å²) in [6.07, 6.45) is 2.29. The van der Waals surface area contributed by atoms with E-state index in [4.69, 9.17) is 10.5 Å². The average molecular weight is 264 g/mol. The largest absolute Gasteiger partial charge is 0.481 e. The van der Waals surface area contributed by atoms with Gasteiger partial charge in [0.1, 0.15) is 0 Å². The number of hydrogen-bond acceptors (Lipinski definition) is 5. The smallest absolute Gasteiger partial charge is 0.218 e. The van der Waals surface area contributed by atoms with Crippen LogP contribution in [0.15, 0.2) is 6.07 Å². The first-order valence-electron chi connectivity index (χ1n) is 6.75. The Morgan fingerprint density at radius 2 is 2.00 bits per heavy atom. The number of aryl methyl sites for hydroxylation is 1. The summed E-state index contributed by atoms with van der Waals surface area (Å²) < 4.78 is 5.29. The molecule has 0 atom stereocenters. The summed E-state index contributed by atoms with van der Waals surface area (Å²) in [5.74, 6) is 1.53. The topological polar surface area (TPSA) is 54.6 Å². The molecule has 1 aliphatic rings. The predicted octanol–water partition coefficient (Wildman–Crippen LogP) is 1.51. The van der Waals surface area contributed by atoms with Gasteiger partial charge in [-0.15, -0.1) is 0 Å². The first kappa shape index (κ1) is 13.9. The molecule has 1 aromatic rings. The molecular weight excluding hydrogens is 240 g/mol. The maximum absolute atomic E-state index is 6.10. The lowest BCUT2D eigenvalue weighted by Gasteiger charge is -2.36. The number of nitrogens with two attached hydrogens (primary N) is 1. The van der Waals surface area contributed by atoms with E-state index >= 15 is 0 Å². The van der Waals surface area contributed by atoms with Crippen molar-refractivity contribution in [1.29, 1.82) is 0 Å². The van der Waals surface area contributed by atoms with E-state index in [-0.39, 0.29) is 0 Å². The third-order valence-electron chi connectivity index (χ3n) is 3.86. The number of nitrogen functional groups attached to an aromatic ring is 1. The molecule has 19 heavy (non-hydrogen) atoms. The molecule has 5 nitrogen and oxygen atoms in total. The minimum Gasteiger partial charge on any atom is -0.481 e. The Balaban J connectivity index is 2.15. The van der Waals surface area contributed by atoms with Crippen molar-refractivity contribution in [1.82, 2.24) is 9.88 Å². The molecule has 106 valence electrons. The Labute approximate surface area is 115 Å². The normalized spacial score (nSPS) is 17.0. The van der Waals surface area contributed by atoms with Crippen molar-refractivity contribution in [2.45, 2.75) is 25.8 Å². The van der Waals surface area contributed by atoms with Crippen LogP contribution in [0.3, 0.4) is 0 Å². The van der Waals surface area contributed by atoms with Crippen molar-refractivity contribution < 1.29 is 4.74 Å². The lowest BCUT2D eigenvalue weighted by atomic mass is 10.0. The van der Waals surface area contributed by atoms with Crippen molar-refractivity contribution in [2.75, 3.05) is 44.9 Å². The average Bonchev–Trinajstić information content (AvgIpc) is 2.39. The predicted molar refractivity (Wildman–Crippen MR) is 78.9 cm³/mol. The van der Waals surface area contributed by atoms with Gasteiger partial charge in [0.2, 0.25) is 5.88 Å². The molecule has 1 fully saturated rings. The van der Waals surface area contributed by atoms with E-state index in [1.807, 2.05) is 13.0 Å². The lowest BCUT2D eigenvalue weighted by Crippen LogP contribution is -2.42. The molecule has 0 spiro atoms. The zero-order valence-electron chi connectivity index (χ0n) is 12.3. The summed E-state index contributed by atoms with van der Waals surface area (Å²) in [6.45, 7) is 3.95. The van der Waals surface area contributed by atoms with Gasteiger partial charge in [0.25, 0.3) is 0 Å². The molecule has 2 heterocycles. The molecule has 0 amide bonds. The number of anilines is 2. The molecule has 1 aromatic heterocycles. The van der Waals surface area contributed by atoms with Crippen molar-refractivity contribution in [3.63, 3.8) is 0 Å². The first-order valence-corrected chi connectivity index (χ1v) is 6.75. The molecule has 0 aliphatic carbocycles.